The first kappa shape index (κ1) is 26.6. The van der Waals surface area contributed by atoms with E-state index in [1.165, 1.54) is 11.1 Å². The van der Waals surface area contributed by atoms with Crippen molar-refractivity contribution in [1.29, 1.82) is 5.26 Å². The maximum Gasteiger partial charge on any atom is 0.161 e. The summed E-state index contributed by atoms with van der Waals surface area (Å²) in [6.07, 6.45) is 2.04. The summed E-state index contributed by atoms with van der Waals surface area (Å²) in [5.74, 6) is 1.89. The highest BCUT2D eigenvalue weighted by molar-refractivity contribution is 14.1. The molecule has 4 nitrogen and oxygen atoms in total. The Balaban J connectivity index is 1.59. The number of allylic oxidation sites excluding steroid dienone is 3. The molecule has 0 amide bonds. The van der Waals surface area contributed by atoms with E-state index in [0.717, 1.165) is 61.6 Å². The number of rotatable bonds is 6. The number of anilines is 1. The quantitative estimate of drug-likeness (QED) is 0.283. The van der Waals surface area contributed by atoms with Crippen LogP contribution < -0.4 is 10.6 Å². The Morgan fingerprint density at radius 3 is 2.50 bits per heavy atom. The van der Waals surface area contributed by atoms with E-state index in [1.54, 1.807) is 0 Å². The number of nitriles is 1. The molecule has 1 unspecified atom stereocenters. The Bertz CT molecular complexity index is 1490. The summed E-state index contributed by atoms with van der Waals surface area (Å²) < 4.78 is 1.12. The summed E-state index contributed by atoms with van der Waals surface area (Å²) in [4.78, 5) is 15.5. The van der Waals surface area contributed by atoms with Gasteiger partial charge in [0.25, 0.3) is 0 Å². The number of thioether (sulfide) groups is 1. The third-order valence-electron chi connectivity index (χ3n) is 7.38. The van der Waals surface area contributed by atoms with Crippen LogP contribution in [0.5, 0.6) is 0 Å². The van der Waals surface area contributed by atoms with E-state index in [1.807, 2.05) is 47.0 Å². The zero-order valence-electron chi connectivity index (χ0n) is 21.6. The fourth-order valence-electron chi connectivity index (χ4n) is 5.55. The standard InChI is InChI=1S/C32H30IN3OS/c1-20-15-23(19-38-18-22-7-4-3-5-8-22)21(2)26(16-20)30-27(17-34)32(35)36(25-13-11-24(33)12-14-25)28-9-6-10-29(37)31(28)30/h3-5,7-8,11-16,30H,6,9-10,18-19,35H2,1-2H3. The van der Waals surface area contributed by atoms with E-state index in [0.29, 0.717) is 17.8 Å². The number of Topliss-reactive ketones (excluding diaryl/α,β-unsaturated/α-hetero) is 1. The van der Waals surface area contributed by atoms with Gasteiger partial charge in [0.05, 0.1) is 17.6 Å². The molecule has 2 aliphatic rings. The normalized spacial score (nSPS) is 17.5. The summed E-state index contributed by atoms with van der Waals surface area (Å²) in [7, 11) is 0. The molecule has 0 aromatic heterocycles. The van der Waals surface area contributed by atoms with E-state index in [4.69, 9.17) is 5.73 Å². The summed E-state index contributed by atoms with van der Waals surface area (Å²) in [5, 5.41) is 10.4. The van der Waals surface area contributed by atoms with Crippen LogP contribution in [0.4, 0.5) is 5.69 Å². The van der Waals surface area contributed by atoms with E-state index in [2.05, 4.69) is 78.9 Å². The van der Waals surface area contributed by atoms with Crippen LogP contribution in [-0.4, -0.2) is 5.78 Å². The van der Waals surface area contributed by atoms with Gasteiger partial charge in [-0.2, -0.15) is 17.0 Å². The number of ketones is 1. The van der Waals surface area contributed by atoms with Gasteiger partial charge in [0.1, 0.15) is 5.82 Å². The topological polar surface area (TPSA) is 70.1 Å². The summed E-state index contributed by atoms with van der Waals surface area (Å²) in [6, 6.07) is 25.3. The van der Waals surface area contributed by atoms with Gasteiger partial charge in [-0.05, 0) is 95.8 Å². The van der Waals surface area contributed by atoms with Crippen LogP contribution in [0, 0.1) is 28.7 Å². The molecule has 2 N–H and O–H groups in total. The molecule has 1 heterocycles. The van der Waals surface area contributed by atoms with Gasteiger partial charge in [0.2, 0.25) is 0 Å². The van der Waals surface area contributed by atoms with Gasteiger partial charge in [-0.15, -0.1) is 0 Å². The number of carbonyl (C=O) groups excluding carboxylic acids is 1. The highest BCUT2D eigenvalue weighted by Crippen LogP contribution is 2.47. The minimum Gasteiger partial charge on any atom is -0.384 e. The maximum absolute atomic E-state index is 13.6. The van der Waals surface area contributed by atoms with Crippen LogP contribution in [-0.2, 0) is 16.3 Å². The van der Waals surface area contributed by atoms with Crippen molar-refractivity contribution in [1.82, 2.24) is 0 Å². The number of nitrogens with two attached hydrogens (primary N) is 1. The van der Waals surface area contributed by atoms with Crippen LogP contribution in [0.1, 0.15) is 53.0 Å². The average Bonchev–Trinajstić information content (AvgIpc) is 2.91. The van der Waals surface area contributed by atoms with Gasteiger partial charge in [-0.1, -0.05) is 48.0 Å². The molecule has 0 radical (unpaired) electrons. The average molecular weight is 632 g/mol. The predicted molar refractivity (Wildman–Crippen MR) is 164 cm³/mol. The molecule has 1 aliphatic heterocycles. The van der Waals surface area contributed by atoms with Crippen molar-refractivity contribution >= 4 is 45.8 Å². The number of hydrogen-bond acceptors (Lipinski definition) is 5. The van der Waals surface area contributed by atoms with E-state index in [9.17, 15) is 10.1 Å². The third-order valence-corrected chi connectivity index (χ3v) is 9.15. The van der Waals surface area contributed by atoms with Crippen LogP contribution in [0.25, 0.3) is 0 Å². The highest BCUT2D eigenvalue weighted by Gasteiger charge is 2.41. The monoisotopic (exact) mass is 631 g/mol. The molecule has 0 bridgehead atoms. The molecule has 38 heavy (non-hydrogen) atoms. The van der Waals surface area contributed by atoms with Crippen molar-refractivity contribution in [3.8, 4) is 6.07 Å². The van der Waals surface area contributed by atoms with E-state index in [-0.39, 0.29) is 5.78 Å². The highest BCUT2D eigenvalue weighted by atomic mass is 127. The van der Waals surface area contributed by atoms with Crippen molar-refractivity contribution in [2.75, 3.05) is 4.90 Å². The second-order valence-electron chi connectivity index (χ2n) is 9.91. The molecule has 6 heteroatoms. The first-order valence-electron chi connectivity index (χ1n) is 12.8. The smallest absolute Gasteiger partial charge is 0.161 e. The number of benzene rings is 3. The number of carbonyl (C=O) groups is 1. The fourth-order valence-corrected chi connectivity index (χ4v) is 6.96. The Kier molecular flexibility index (Phi) is 7.96. The van der Waals surface area contributed by atoms with Crippen molar-refractivity contribution in [2.24, 2.45) is 5.73 Å². The lowest BCUT2D eigenvalue weighted by atomic mass is 9.73. The molecule has 192 valence electrons. The van der Waals surface area contributed by atoms with Gasteiger partial charge < -0.3 is 5.73 Å². The first-order chi connectivity index (χ1) is 18.4. The lowest BCUT2D eigenvalue weighted by Crippen LogP contribution is -2.39. The Labute approximate surface area is 242 Å². The van der Waals surface area contributed by atoms with E-state index < -0.39 is 5.92 Å². The summed E-state index contributed by atoms with van der Waals surface area (Å²) in [5.41, 5.74) is 15.6. The summed E-state index contributed by atoms with van der Waals surface area (Å²) in [6.45, 7) is 4.21. The van der Waals surface area contributed by atoms with Gasteiger partial charge in [-0.3, -0.25) is 9.69 Å². The molecule has 1 atom stereocenters. The Morgan fingerprint density at radius 2 is 1.79 bits per heavy atom. The molecule has 0 fully saturated rings. The molecule has 0 spiro atoms. The Hall–Kier alpha value is -3.02. The lowest BCUT2D eigenvalue weighted by molar-refractivity contribution is -0.116. The molecular formula is C32H30IN3OS. The van der Waals surface area contributed by atoms with Gasteiger partial charge >= 0.3 is 0 Å². The second kappa shape index (κ2) is 11.4. The van der Waals surface area contributed by atoms with Crippen molar-refractivity contribution < 1.29 is 4.79 Å². The van der Waals surface area contributed by atoms with Crippen molar-refractivity contribution in [3.63, 3.8) is 0 Å². The van der Waals surface area contributed by atoms with E-state index >= 15 is 0 Å². The van der Waals surface area contributed by atoms with Gasteiger partial charge in [-0.25, -0.2) is 0 Å². The third kappa shape index (κ3) is 5.14. The minimum atomic E-state index is -0.444. The molecule has 3 aromatic rings. The van der Waals surface area contributed by atoms with Crippen LogP contribution in [0.15, 0.2) is 89.4 Å². The molecule has 1 aliphatic carbocycles. The van der Waals surface area contributed by atoms with Crippen molar-refractivity contribution in [3.05, 3.63) is 121 Å². The van der Waals surface area contributed by atoms with Gasteiger partial charge in [0.15, 0.2) is 5.78 Å². The number of hydrogen-bond donors (Lipinski definition) is 1. The van der Waals surface area contributed by atoms with Crippen LogP contribution >= 0.6 is 34.4 Å². The zero-order valence-corrected chi connectivity index (χ0v) is 24.6. The maximum atomic E-state index is 13.6. The zero-order chi connectivity index (χ0) is 26.8. The minimum absolute atomic E-state index is 0.118. The predicted octanol–water partition coefficient (Wildman–Crippen LogP) is 7.65. The van der Waals surface area contributed by atoms with Crippen LogP contribution in [0.2, 0.25) is 0 Å². The lowest BCUT2D eigenvalue weighted by Gasteiger charge is -2.40. The molecule has 0 saturated carbocycles. The summed E-state index contributed by atoms with van der Waals surface area (Å²) >= 11 is 4.15. The second-order valence-corrected chi connectivity index (χ2v) is 12.1. The SMILES string of the molecule is Cc1cc(CSCc2ccccc2)c(C)c(C2C(C#N)=C(N)N(c3ccc(I)cc3)C3=C2C(=O)CCC3)c1. The molecule has 0 saturated heterocycles. The first-order valence-corrected chi connectivity index (χ1v) is 15.1. The number of nitrogens with zero attached hydrogens (tertiary/aromatic N) is 2. The molecule has 5 rings (SSSR count). The van der Waals surface area contributed by atoms with Crippen molar-refractivity contribution in [2.45, 2.75) is 50.5 Å². The van der Waals surface area contributed by atoms with Gasteiger partial charge in [0, 0.05) is 38.5 Å². The number of halogens is 1. The Morgan fingerprint density at radius 1 is 1.05 bits per heavy atom. The number of aryl methyl sites for hydroxylation is 1. The largest absolute Gasteiger partial charge is 0.384 e. The fraction of sp³-hybridized carbons (Fsp3) is 0.250. The molecular weight excluding hydrogens is 601 g/mol. The van der Waals surface area contributed by atoms with Crippen LogP contribution in [0.3, 0.4) is 0 Å². The molecule has 3 aromatic carbocycles.